The molecular formula is C10H15N5O. The number of carbonyl (C=O) groups excluding carboxylic acids is 1. The first-order valence-corrected chi connectivity index (χ1v) is 5.23. The average molecular weight is 221 g/mol. The highest BCUT2D eigenvalue weighted by molar-refractivity contribution is 5.98. The van der Waals surface area contributed by atoms with Crippen molar-refractivity contribution < 1.29 is 4.79 Å². The van der Waals surface area contributed by atoms with E-state index in [1.165, 1.54) is 6.08 Å². The molecule has 2 rings (SSSR count). The fourth-order valence-corrected chi connectivity index (χ4v) is 1.49. The molecule has 86 valence electrons. The number of carbonyl (C=O) groups is 1. The summed E-state index contributed by atoms with van der Waals surface area (Å²) in [6.07, 6.45) is 4.72. The van der Waals surface area contributed by atoms with Gasteiger partial charge in [0.2, 0.25) is 5.91 Å². The molecule has 1 aliphatic heterocycles. The number of anilines is 1. The second-order valence-corrected chi connectivity index (χ2v) is 3.60. The average Bonchev–Trinajstić information content (AvgIpc) is 2.61. The highest BCUT2D eigenvalue weighted by Gasteiger charge is 2.21. The highest BCUT2D eigenvalue weighted by Crippen LogP contribution is 2.17. The summed E-state index contributed by atoms with van der Waals surface area (Å²) >= 11 is 0. The van der Waals surface area contributed by atoms with E-state index in [0.717, 1.165) is 18.9 Å². The number of rotatable bonds is 4. The maximum atomic E-state index is 11.4. The van der Waals surface area contributed by atoms with Gasteiger partial charge in [0.05, 0.1) is 12.2 Å². The Bertz CT molecular complexity index is 394. The number of nitrogens with zero attached hydrogens (tertiary/aromatic N) is 2. The molecule has 1 aliphatic rings. The van der Waals surface area contributed by atoms with Crippen LogP contribution in [0, 0.1) is 0 Å². The molecule has 0 aliphatic carbocycles. The van der Waals surface area contributed by atoms with Crippen molar-refractivity contribution in [1.82, 2.24) is 15.1 Å². The molecule has 0 unspecified atom stereocenters. The second-order valence-electron chi connectivity index (χ2n) is 3.60. The van der Waals surface area contributed by atoms with Crippen molar-refractivity contribution in [1.29, 1.82) is 0 Å². The smallest absolute Gasteiger partial charge is 0.249 e. The number of nitrogens with one attached hydrogen (secondary N) is 2. The zero-order valence-corrected chi connectivity index (χ0v) is 8.89. The molecule has 6 heteroatoms. The molecule has 0 bridgehead atoms. The van der Waals surface area contributed by atoms with Gasteiger partial charge >= 0.3 is 0 Å². The van der Waals surface area contributed by atoms with Gasteiger partial charge in [-0.25, -0.2) is 4.68 Å². The van der Waals surface area contributed by atoms with E-state index in [0.29, 0.717) is 12.6 Å². The Kier molecular flexibility index (Phi) is 3.33. The van der Waals surface area contributed by atoms with Crippen LogP contribution in [0.25, 0.3) is 0 Å². The zero-order valence-electron chi connectivity index (χ0n) is 8.89. The van der Waals surface area contributed by atoms with Crippen LogP contribution in [-0.4, -0.2) is 35.3 Å². The van der Waals surface area contributed by atoms with Gasteiger partial charge < -0.3 is 16.4 Å². The third kappa shape index (κ3) is 2.29. The summed E-state index contributed by atoms with van der Waals surface area (Å²) in [6, 6.07) is 2.12. The summed E-state index contributed by atoms with van der Waals surface area (Å²) in [6.45, 7) is 2.14. The predicted octanol–water partition coefficient (Wildman–Crippen LogP) is -0.519. The summed E-state index contributed by atoms with van der Waals surface area (Å²) in [4.78, 5) is 11.4. The van der Waals surface area contributed by atoms with Crippen LogP contribution < -0.4 is 16.4 Å². The lowest BCUT2D eigenvalue weighted by Crippen LogP contribution is -2.44. The minimum absolute atomic E-state index is 0.181. The molecule has 2 heterocycles. The SMILES string of the molecule is NC/C=C/C(=O)Nc1ccnn1C1CNC1. The van der Waals surface area contributed by atoms with Gasteiger partial charge in [-0.05, 0) is 0 Å². The number of amides is 1. The van der Waals surface area contributed by atoms with Crippen LogP contribution in [0.4, 0.5) is 5.82 Å². The summed E-state index contributed by atoms with van der Waals surface area (Å²) in [5.41, 5.74) is 5.27. The Hall–Kier alpha value is -1.66. The molecule has 1 aromatic rings. The van der Waals surface area contributed by atoms with Crippen LogP contribution in [0.15, 0.2) is 24.4 Å². The largest absolute Gasteiger partial charge is 0.327 e. The molecule has 0 atom stereocenters. The lowest BCUT2D eigenvalue weighted by atomic mass is 10.2. The molecule has 16 heavy (non-hydrogen) atoms. The Balaban J connectivity index is 2.00. The van der Waals surface area contributed by atoms with E-state index < -0.39 is 0 Å². The minimum atomic E-state index is -0.181. The van der Waals surface area contributed by atoms with E-state index in [1.807, 2.05) is 4.68 Å². The first-order chi connectivity index (χ1) is 7.81. The molecular weight excluding hydrogens is 206 g/mol. The van der Waals surface area contributed by atoms with Crippen molar-refractivity contribution in [3.63, 3.8) is 0 Å². The highest BCUT2D eigenvalue weighted by atomic mass is 16.1. The van der Waals surface area contributed by atoms with Crippen LogP contribution in [0.5, 0.6) is 0 Å². The quantitative estimate of drug-likeness (QED) is 0.597. The van der Waals surface area contributed by atoms with Crippen LogP contribution in [-0.2, 0) is 4.79 Å². The van der Waals surface area contributed by atoms with Crippen LogP contribution in [0.2, 0.25) is 0 Å². The fraction of sp³-hybridized carbons (Fsp3) is 0.400. The summed E-state index contributed by atoms with van der Waals surface area (Å²) in [5.74, 6) is 0.539. The van der Waals surface area contributed by atoms with Gasteiger partial charge in [0.15, 0.2) is 0 Å². The molecule has 6 nitrogen and oxygen atoms in total. The number of nitrogens with two attached hydrogens (primary N) is 1. The van der Waals surface area contributed by atoms with Crippen LogP contribution in [0.3, 0.4) is 0 Å². The van der Waals surface area contributed by atoms with Gasteiger partial charge in [-0.2, -0.15) is 5.10 Å². The van der Waals surface area contributed by atoms with E-state index in [-0.39, 0.29) is 5.91 Å². The van der Waals surface area contributed by atoms with Crippen molar-refractivity contribution in [2.75, 3.05) is 25.0 Å². The number of hydrogen-bond acceptors (Lipinski definition) is 4. The van der Waals surface area contributed by atoms with Gasteiger partial charge in [-0.3, -0.25) is 4.79 Å². The predicted molar refractivity (Wildman–Crippen MR) is 61.0 cm³/mol. The first-order valence-electron chi connectivity index (χ1n) is 5.23. The maximum Gasteiger partial charge on any atom is 0.249 e. The van der Waals surface area contributed by atoms with Gasteiger partial charge in [0.1, 0.15) is 5.82 Å². The normalized spacial score (nSPS) is 16.3. The topological polar surface area (TPSA) is 85.0 Å². The van der Waals surface area contributed by atoms with E-state index >= 15 is 0 Å². The Morgan fingerprint density at radius 3 is 3.19 bits per heavy atom. The van der Waals surface area contributed by atoms with Gasteiger partial charge in [0.25, 0.3) is 0 Å². The van der Waals surface area contributed by atoms with Crippen LogP contribution >= 0.6 is 0 Å². The monoisotopic (exact) mass is 221 g/mol. The minimum Gasteiger partial charge on any atom is -0.327 e. The number of aromatic nitrogens is 2. The molecule has 0 saturated carbocycles. The van der Waals surface area contributed by atoms with Crippen LogP contribution in [0.1, 0.15) is 6.04 Å². The van der Waals surface area contributed by atoms with E-state index in [2.05, 4.69) is 15.7 Å². The standard InChI is InChI=1S/C10H15N5O/c11-4-1-2-10(16)14-9-3-5-13-15(9)8-6-12-7-8/h1-3,5,8,12H,4,6-7,11H2,(H,14,16)/b2-1+. The summed E-state index contributed by atoms with van der Waals surface area (Å²) in [7, 11) is 0. The molecule has 1 saturated heterocycles. The van der Waals surface area contributed by atoms with E-state index in [9.17, 15) is 4.79 Å². The Labute approximate surface area is 93.5 Å². The van der Waals surface area contributed by atoms with E-state index in [1.54, 1.807) is 18.3 Å². The van der Waals surface area contributed by atoms with E-state index in [4.69, 9.17) is 5.73 Å². The molecule has 1 fully saturated rings. The molecule has 0 spiro atoms. The van der Waals surface area contributed by atoms with Gasteiger partial charge in [-0.1, -0.05) is 6.08 Å². The number of hydrogen-bond donors (Lipinski definition) is 3. The van der Waals surface area contributed by atoms with Crippen molar-refractivity contribution >= 4 is 11.7 Å². The first kappa shape index (κ1) is 10.8. The van der Waals surface area contributed by atoms with Gasteiger partial charge in [-0.15, -0.1) is 0 Å². The van der Waals surface area contributed by atoms with Crippen molar-refractivity contribution in [2.24, 2.45) is 5.73 Å². The Morgan fingerprint density at radius 1 is 1.75 bits per heavy atom. The Morgan fingerprint density at radius 2 is 2.56 bits per heavy atom. The zero-order chi connectivity index (χ0) is 11.4. The van der Waals surface area contributed by atoms with Crippen molar-refractivity contribution in [3.8, 4) is 0 Å². The fourth-order valence-electron chi connectivity index (χ4n) is 1.49. The molecule has 1 amide bonds. The van der Waals surface area contributed by atoms with Crippen molar-refractivity contribution in [2.45, 2.75) is 6.04 Å². The maximum absolute atomic E-state index is 11.4. The molecule has 4 N–H and O–H groups in total. The van der Waals surface area contributed by atoms with Crippen molar-refractivity contribution in [3.05, 3.63) is 24.4 Å². The molecule has 0 aromatic carbocycles. The third-order valence-electron chi connectivity index (χ3n) is 2.43. The lowest BCUT2D eigenvalue weighted by Gasteiger charge is -2.28. The molecule has 1 aromatic heterocycles. The molecule has 0 radical (unpaired) electrons. The summed E-state index contributed by atoms with van der Waals surface area (Å²) in [5, 5.41) is 10.1. The summed E-state index contributed by atoms with van der Waals surface area (Å²) < 4.78 is 1.82. The lowest BCUT2D eigenvalue weighted by molar-refractivity contribution is -0.112. The third-order valence-corrected chi connectivity index (χ3v) is 2.43. The van der Waals surface area contributed by atoms with Gasteiger partial charge in [0, 0.05) is 31.8 Å². The second kappa shape index (κ2) is 4.91.